The molecule has 0 aromatic rings. The van der Waals surface area contributed by atoms with Crippen LogP contribution in [0.3, 0.4) is 0 Å². The summed E-state index contributed by atoms with van der Waals surface area (Å²) in [5, 5.41) is 0. The van der Waals surface area contributed by atoms with Crippen LogP contribution in [0.4, 0.5) is 0 Å². The minimum atomic E-state index is -3.44. The van der Waals surface area contributed by atoms with Crippen LogP contribution in [0.25, 0.3) is 0 Å². The van der Waals surface area contributed by atoms with E-state index in [-0.39, 0.29) is 0 Å². The van der Waals surface area contributed by atoms with Gasteiger partial charge in [0.15, 0.2) is 0 Å². The number of hydrogen-bond donors (Lipinski definition) is 0. The SMILES string of the molecule is C[SiH](O[Si](=O)[Si](=O)[Si](=O)[Si](=O)[Si](=O)[Si](=O)[SiH]=O)[SiH]=O. The first kappa shape index (κ1) is 19.2. The summed E-state index contributed by atoms with van der Waals surface area (Å²) < 4.78 is 93.9. The molecule has 0 radical (unpaired) electrons. The maximum absolute atomic E-state index is 11.6. The fourth-order valence-electron chi connectivity index (χ4n) is 0.714. The molecule has 19 heavy (non-hydrogen) atoms. The van der Waals surface area contributed by atoms with E-state index in [0.717, 1.165) is 0 Å². The first-order chi connectivity index (χ1) is 8.76. The van der Waals surface area contributed by atoms with Gasteiger partial charge in [0, 0.05) is 0 Å². The van der Waals surface area contributed by atoms with Crippen LogP contribution >= 0.6 is 0 Å². The summed E-state index contributed by atoms with van der Waals surface area (Å²) in [6.07, 6.45) is 0. The van der Waals surface area contributed by atoms with Gasteiger partial charge in [-0.05, 0) is 6.55 Å². The fraction of sp³-hybridized carbons (Fsp3) is 1.00. The average molecular weight is 415 g/mol. The highest BCUT2D eigenvalue weighted by molar-refractivity contribution is 7.69. The summed E-state index contributed by atoms with van der Waals surface area (Å²) in [6, 6.07) is 0. The highest BCUT2D eigenvalue weighted by Crippen LogP contribution is 1.85. The quantitative estimate of drug-likeness (QED) is 0.340. The lowest BCUT2D eigenvalue weighted by Gasteiger charge is -2.01. The molecule has 18 heteroatoms. The lowest BCUT2D eigenvalue weighted by Crippen LogP contribution is -2.48. The molecule has 100 valence electrons. The van der Waals surface area contributed by atoms with E-state index < -0.39 is 73.4 Å². The summed E-state index contributed by atoms with van der Waals surface area (Å²) in [7, 11) is -25.2. The monoisotopic (exact) mass is 414 g/mol. The van der Waals surface area contributed by atoms with E-state index in [9.17, 15) is 35.7 Å². The maximum Gasteiger partial charge on any atom is 0.532 e. The summed E-state index contributed by atoms with van der Waals surface area (Å²) >= 11 is 0. The highest BCUT2D eigenvalue weighted by atomic mass is 30.0. The van der Waals surface area contributed by atoms with Crippen molar-refractivity contribution < 1.29 is 39.8 Å². The molecule has 0 fully saturated rings. The molecular weight excluding hydrogens is 409 g/mol. The van der Waals surface area contributed by atoms with Crippen LogP contribution < -0.4 is 0 Å². The molecule has 0 rings (SSSR count). The van der Waals surface area contributed by atoms with E-state index >= 15 is 0 Å². The fourth-order valence-corrected chi connectivity index (χ4v) is 56.0. The third-order valence-corrected chi connectivity index (χ3v) is 45.9. The normalized spacial score (nSPS) is 10.8. The molecule has 0 heterocycles. The second kappa shape index (κ2) is 9.15. The molecule has 0 bridgehead atoms. The zero-order chi connectivity index (χ0) is 15.2. The standard InChI is InChI=1S/CH6O9Si9/c1-13(11-2)10-14(4)16(6)18(8)19(9)17(7)15(5)12-3/h11-13H,1H3. The lowest BCUT2D eigenvalue weighted by atomic mass is 11.9. The zero-order valence-corrected chi connectivity index (χ0v) is 18.9. The van der Waals surface area contributed by atoms with Gasteiger partial charge in [0.2, 0.25) is 0 Å². The summed E-state index contributed by atoms with van der Waals surface area (Å²) in [6.45, 7) is 1.45. The van der Waals surface area contributed by atoms with Crippen molar-refractivity contribution in [3.05, 3.63) is 0 Å². The van der Waals surface area contributed by atoms with Crippen molar-refractivity contribution in [3.63, 3.8) is 0 Å². The lowest BCUT2D eigenvalue weighted by molar-refractivity contribution is 0.472. The topological polar surface area (TPSA) is 146 Å². The van der Waals surface area contributed by atoms with Gasteiger partial charge >= 0.3 is 56.0 Å². The predicted octanol–water partition coefficient (Wildman–Crippen LogP) is -4.67. The molecule has 0 aliphatic heterocycles. The predicted molar refractivity (Wildman–Crippen MR) is 68.4 cm³/mol. The Kier molecular flexibility index (Phi) is 9.23. The van der Waals surface area contributed by atoms with Crippen molar-refractivity contribution in [2.75, 3.05) is 0 Å². The Morgan fingerprint density at radius 2 is 1.32 bits per heavy atom. The molecule has 9 nitrogen and oxygen atoms in total. The van der Waals surface area contributed by atoms with Gasteiger partial charge in [0.25, 0.3) is 17.5 Å². The number of rotatable bonds is 9. The van der Waals surface area contributed by atoms with Crippen LogP contribution in [0.15, 0.2) is 0 Å². The molecule has 1 atom stereocenters. The first-order valence-corrected chi connectivity index (χ1v) is 25.0. The van der Waals surface area contributed by atoms with Gasteiger partial charge in [-0.25, -0.2) is 0 Å². The third kappa shape index (κ3) is 5.98. The summed E-state index contributed by atoms with van der Waals surface area (Å²) in [5.74, 6) is 0. The molecule has 1 unspecified atom stereocenters. The van der Waals surface area contributed by atoms with E-state index in [2.05, 4.69) is 0 Å². The highest BCUT2D eigenvalue weighted by Gasteiger charge is 2.46. The Balaban J connectivity index is 4.88. The van der Waals surface area contributed by atoms with Crippen molar-refractivity contribution in [1.82, 2.24) is 0 Å². The van der Waals surface area contributed by atoms with E-state index in [1.54, 1.807) is 0 Å². The van der Waals surface area contributed by atoms with Crippen LogP contribution in [0, 0.1) is 0 Å². The molecular formula is CH6O9Si9. The van der Waals surface area contributed by atoms with Gasteiger partial charge in [0.05, 0.1) is 0 Å². The molecule has 0 aromatic carbocycles. The van der Waals surface area contributed by atoms with Crippen LogP contribution in [-0.4, -0.2) is 73.4 Å². The van der Waals surface area contributed by atoms with Gasteiger partial charge in [-0.15, -0.1) is 0 Å². The second-order valence-electron chi connectivity index (χ2n) is 3.05. The third-order valence-electron chi connectivity index (χ3n) is 1.62. The second-order valence-corrected chi connectivity index (χ2v) is 37.1. The van der Waals surface area contributed by atoms with Crippen LogP contribution in [-0.2, 0) is 39.8 Å². The summed E-state index contributed by atoms with van der Waals surface area (Å²) in [5.41, 5.74) is 0. The zero-order valence-electron chi connectivity index (χ0n) is 9.41. The van der Waals surface area contributed by atoms with E-state index in [1.165, 1.54) is 6.55 Å². The Hall–Kier alpha value is 0.152. The van der Waals surface area contributed by atoms with Crippen molar-refractivity contribution in [2.45, 2.75) is 6.55 Å². The smallest absolute Gasteiger partial charge is 0.532 e. The van der Waals surface area contributed by atoms with Crippen LogP contribution in [0.1, 0.15) is 0 Å². The van der Waals surface area contributed by atoms with E-state index in [1.807, 2.05) is 0 Å². The van der Waals surface area contributed by atoms with Gasteiger partial charge in [-0.1, -0.05) is 0 Å². The Morgan fingerprint density at radius 1 is 0.842 bits per heavy atom. The Bertz CT molecular complexity index is 504. The van der Waals surface area contributed by atoms with Gasteiger partial charge < -0.3 is 39.8 Å². The van der Waals surface area contributed by atoms with Crippen molar-refractivity contribution in [1.29, 1.82) is 0 Å². The van der Waals surface area contributed by atoms with Crippen molar-refractivity contribution in [3.8, 4) is 0 Å². The van der Waals surface area contributed by atoms with Gasteiger partial charge in [0.1, 0.15) is 0 Å². The molecule has 0 aromatic heterocycles. The van der Waals surface area contributed by atoms with Gasteiger partial charge in [-0.3, -0.25) is 0 Å². The number of hydrogen-bond acceptors (Lipinski definition) is 9. The van der Waals surface area contributed by atoms with Crippen molar-refractivity contribution >= 4 is 73.4 Å². The molecule has 0 aliphatic carbocycles. The van der Waals surface area contributed by atoms with E-state index in [4.69, 9.17) is 4.12 Å². The maximum atomic E-state index is 11.6. The average Bonchev–Trinajstić information content (AvgIpc) is 2.42. The molecule has 0 spiro atoms. The summed E-state index contributed by atoms with van der Waals surface area (Å²) in [4.78, 5) is 0. The Morgan fingerprint density at radius 3 is 1.74 bits per heavy atom. The molecule has 0 aliphatic rings. The van der Waals surface area contributed by atoms with Crippen molar-refractivity contribution in [2.24, 2.45) is 0 Å². The first-order valence-electron chi connectivity index (χ1n) is 4.59. The molecule has 0 N–H and O–H groups in total. The minimum Gasteiger partial charge on any atom is -0.577 e. The van der Waals surface area contributed by atoms with E-state index in [0.29, 0.717) is 0 Å². The Labute approximate surface area is 119 Å². The molecule has 0 saturated carbocycles. The van der Waals surface area contributed by atoms with Crippen LogP contribution in [0.2, 0.25) is 6.55 Å². The minimum absolute atomic E-state index is 1.29. The molecule has 0 saturated heterocycles. The van der Waals surface area contributed by atoms with Gasteiger partial charge in [-0.2, -0.15) is 0 Å². The van der Waals surface area contributed by atoms with Crippen LogP contribution in [0.5, 0.6) is 0 Å². The molecule has 0 amide bonds. The largest absolute Gasteiger partial charge is 0.577 e.